The molecule has 0 aromatic heterocycles. The predicted octanol–water partition coefficient (Wildman–Crippen LogP) is 4.83. The van der Waals surface area contributed by atoms with E-state index in [9.17, 15) is 4.79 Å². The zero-order valence-corrected chi connectivity index (χ0v) is 14.5. The van der Waals surface area contributed by atoms with Gasteiger partial charge in [0.15, 0.2) is 6.10 Å². The second-order valence-corrected chi connectivity index (χ2v) is 6.24. The Balaban J connectivity index is 2.02. The smallest absolute Gasteiger partial charge is 0.265 e. The Hall–Kier alpha value is -2.29. The molecule has 0 saturated carbocycles. The van der Waals surface area contributed by atoms with Gasteiger partial charge in [0, 0.05) is 5.69 Å². The number of hydrogen-bond acceptors (Lipinski definition) is 2. The highest BCUT2D eigenvalue weighted by Crippen LogP contribution is 2.22. The number of para-hydroxylation sites is 1. The van der Waals surface area contributed by atoms with Crippen molar-refractivity contribution >= 4 is 11.6 Å². The van der Waals surface area contributed by atoms with Crippen molar-refractivity contribution in [2.75, 3.05) is 5.32 Å². The third-order valence-corrected chi connectivity index (χ3v) is 3.96. The van der Waals surface area contributed by atoms with Crippen LogP contribution in [0.5, 0.6) is 5.75 Å². The number of hydrogen-bond donors (Lipinski definition) is 1. The minimum Gasteiger partial charge on any atom is -0.481 e. The Morgan fingerprint density at radius 1 is 0.957 bits per heavy atom. The molecular weight excluding hydrogens is 286 g/mol. The number of nitrogens with one attached hydrogen (secondary N) is 1. The fraction of sp³-hybridized carbons (Fsp3) is 0.350. The molecule has 2 aromatic rings. The van der Waals surface area contributed by atoms with Crippen LogP contribution in [0.25, 0.3) is 0 Å². The maximum absolute atomic E-state index is 12.4. The van der Waals surface area contributed by atoms with E-state index in [-0.39, 0.29) is 5.91 Å². The van der Waals surface area contributed by atoms with Gasteiger partial charge in [-0.3, -0.25) is 4.79 Å². The Bertz CT molecular complexity index is 654. The number of aryl methyl sites for hydroxylation is 2. The Morgan fingerprint density at radius 2 is 1.52 bits per heavy atom. The van der Waals surface area contributed by atoms with Crippen molar-refractivity contribution in [2.24, 2.45) is 0 Å². The quantitative estimate of drug-likeness (QED) is 0.858. The van der Waals surface area contributed by atoms with Crippen LogP contribution in [0.2, 0.25) is 0 Å². The second-order valence-electron chi connectivity index (χ2n) is 6.24. The molecule has 0 aliphatic heterocycles. The number of carbonyl (C=O) groups is 1. The Kier molecular flexibility index (Phi) is 5.43. The number of anilines is 1. The summed E-state index contributed by atoms with van der Waals surface area (Å²) in [4.78, 5) is 12.4. The molecule has 0 unspecified atom stereocenters. The lowest BCUT2D eigenvalue weighted by molar-refractivity contribution is -0.122. The molecule has 2 aromatic carbocycles. The van der Waals surface area contributed by atoms with Crippen LogP contribution in [0.4, 0.5) is 5.69 Å². The highest BCUT2D eigenvalue weighted by atomic mass is 16.5. The van der Waals surface area contributed by atoms with E-state index in [1.165, 1.54) is 5.56 Å². The molecular formula is C20H25NO2. The lowest BCUT2D eigenvalue weighted by Gasteiger charge is -2.17. The summed E-state index contributed by atoms with van der Waals surface area (Å²) in [5.74, 6) is 1.04. The molecule has 1 amide bonds. The lowest BCUT2D eigenvalue weighted by atomic mass is 10.0. The number of carbonyl (C=O) groups excluding carboxylic acids is 1. The van der Waals surface area contributed by atoms with E-state index in [0.29, 0.717) is 11.7 Å². The first kappa shape index (κ1) is 17.1. The van der Waals surface area contributed by atoms with Crippen LogP contribution in [0.3, 0.4) is 0 Å². The highest BCUT2D eigenvalue weighted by Gasteiger charge is 2.16. The van der Waals surface area contributed by atoms with E-state index < -0.39 is 6.10 Å². The van der Waals surface area contributed by atoms with Crippen LogP contribution in [-0.4, -0.2) is 12.0 Å². The van der Waals surface area contributed by atoms with E-state index in [2.05, 4.69) is 19.2 Å². The fourth-order valence-electron chi connectivity index (χ4n) is 2.43. The molecule has 3 heteroatoms. The molecule has 0 spiro atoms. The van der Waals surface area contributed by atoms with Crippen molar-refractivity contribution in [1.82, 2.24) is 0 Å². The molecule has 0 radical (unpaired) electrons. The molecule has 0 saturated heterocycles. The van der Waals surface area contributed by atoms with Crippen molar-refractivity contribution in [3.8, 4) is 5.75 Å². The molecule has 0 aliphatic rings. The van der Waals surface area contributed by atoms with Crippen molar-refractivity contribution in [1.29, 1.82) is 0 Å². The summed E-state index contributed by atoms with van der Waals surface area (Å²) in [7, 11) is 0. The van der Waals surface area contributed by atoms with E-state index in [1.807, 2.05) is 56.3 Å². The molecule has 0 heterocycles. The molecule has 0 fully saturated rings. The number of amides is 1. The van der Waals surface area contributed by atoms with E-state index in [1.54, 1.807) is 6.92 Å². The largest absolute Gasteiger partial charge is 0.481 e. The first-order valence-corrected chi connectivity index (χ1v) is 8.02. The van der Waals surface area contributed by atoms with E-state index in [4.69, 9.17) is 4.74 Å². The second kappa shape index (κ2) is 7.32. The summed E-state index contributed by atoms with van der Waals surface area (Å²) in [5, 5.41) is 2.96. The average molecular weight is 311 g/mol. The van der Waals surface area contributed by atoms with Crippen LogP contribution >= 0.6 is 0 Å². The van der Waals surface area contributed by atoms with Crippen LogP contribution < -0.4 is 10.1 Å². The fourth-order valence-corrected chi connectivity index (χ4v) is 2.43. The predicted molar refractivity (Wildman–Crippen MR) is 95.2 cm³/mol. The van der Waals surface area contributed by atoms with Gasteiger partial charge in [-0.05, 0) is 55.5 Å². The molecule has 2 rings (SSSR count). The van der Waals surface area contributed by atoms with Crippen LogP contribution in [0.15, 0.2) is 42.5 Å². The maximum atomic E-state index is 12.4. The van der Waals surface area contributed by atoms with Crippen LogP contribution in [-0.2, 0) is 4.79 Å². The minimum absolute atomic E-state index is 0.143. The number of ether oxygens (including phenoxy) is 1. The molecule has 122 valence electrons. The van der Waals surface area contributed by atoms with Gasteiger partial charge in [-0.2, -0.15) is 0 Å². The number of rotatable bonds is 5. The van der Waals surface area contributed by atoms with Gasteiger partial charge >= 0.3 is 0 Å². The van der Waals surface area contributed by atoms with Crippen molar-refractivity contribution in [3.63, 3.8) is 0 Å². The first-order chi connectivity index (χ1) is 10.9. The van der Waals surface area contributed by atoms with Gasteiger partial charge in [0.1, 0.15) is 5.75 Å². The first-order valence-electron chi connectivity index (χ1n) is 8.02. The third kappa shape index (κ3) is 4.35. The van der Waals surface area contributed by atoms with Crippen LogP contribution in [0.1, 0.15) is 43.4 Å². The Morgan fingerprint density at radius 3 is 2.04 bits per heavy atom. The summed E-state index contributed by atoms with van der Waals surface area (Å²) in [6, 6.07) is 13.9. The van der Waals surface area contributed by atoms with E-state index in [0.717, 1.165) is 16.8 Å². The Labute approximate surface area is 138 Å². The third-order valence-electron chi connectivity index (χ3n) is 3.96. The summed E-state index contributed by atoms with van der Waals surface area (Å²) in [6.45, 7) is 10.0. The van der Waals surface area contributed by atoms with Gasteiger partial charge < -0.3 is 10.1 Å². The van der Waals surface area contributed by atoms with Gasteiger partial charge in [-0.1, -0.05) is 44.2 Å². The lowest BCUT2D eigenvalue weighted by Crippen LogP contribution is -2.30. The van der Waals surface area contributed by atoms with Gasteiger partial charge in [0.05, 0.1) is 0 Å². The molecule has 1 atom stereocenters. The molecule has 23 heavy (non-hydrogen) atoms. The molecule has 0 aliphatic carbocycles. The SMILES string of the molecule is Cc1cccc(C)c1NC(=O)[C@H](C)Oc1ccc(C(C)C)cc1. The normalized spacial score (nSPS) is 12.1. The van der Waals surface area contributed by atoms with Gasteiger partial charge in [0.2, 0.25) is 0 Å². The molecule has 1 N–H and O–H groups in total. The molecule has 0 bridgehead atoms. The summed E-state index contributed by atoms with van der Waals surface area (Å²) >= 11 is 0. The average Bonchev–Trinajstić information content (AvgIpc) is 2.51. The summed E-state index contributed by atoms with van der Waals surface area (Å²) in [6.07, 6.45) is -0.557. The van der Waals surface area contributed by atoms with Gasteiger partial charge in [0.25, 0.3) is 5.91 Å². The topological polar surface area (TPSA) is 38.3 Å². The van der Waals surface area contributed by atoms with Gasteiger partial charge in [-0.25, -0.2) is 0 Å². The van der Waals surface area contributed by atoms with Crippen molar-refractivity contribution in [3.05, 3.63) is 59.2 Å². The van der Waals surface area contributed by atoms with E-state index >= 15 is 0 Å². The van der Waals surface area contributed by atoms with Gasteiger partial charge in [-0.15, -0.1) is 0 Å². The number of benzene rings is 2. The van der Waals surface area contributed by atoms with Crippen LogP contribution in [0, 0.1) is 13.8 Å². The zero-order chi connectivity index (χ0) is 17.0. The summed E-state index contributed by atoms with van der Waals surface area (Å²) < 4.78 is 5.75. The summed E-state index contributed by atoms with van der Waals surface area (Å²) in [5.41, 5.74) is 4.21. The van der Waals surface area contributed by atoms with Crippen molar-refractivity contribution < 1.29 is 9.53 Å². The highest BCUT2D eigenvalue weighted by molar-refractivity contribution is 5.95. The standard InChI is InChI=1S/C20H25NO2/c1-13(2)17-9-11-18(12-10-17)23-16(5)20(22)21-19-14(3)7-6-8-15(19)4/h6-13,16H,1-5H3,(H,21,22)/t16-/m0/s1. The van der Waals surface area contributed by atoms with Crippen molar-refractivity contribution in [2.45, 2.75) is 46.6 Å². The monoisotopic (exact) mass is 311 g/mol. The zero-order valence-electron chi connectivity index (χ0n) is 14.5. The minimum atomic E-state index is -0.557. The maximum Gasteiger partial charge on any atom is 0.265 e. The molecule has 3 nitrogen and oxygen atoms in total.